The van der Waals surface area contributed by atoms with E-state index in [9.17, 15) is 4.79 Å². The van der Waals surface area contributed by atoms with Crippen molar-refractivity contribution in [2.45, 2.75) is 33.3 Å². The highest BCUT2D eigenvalue weighted by molar-refractivity contribution is 5.79. The van der Waals surface area contributed by atoms with Gasteiger partial charge in [0.15, 0.2) is 0 Å². The van der Waals surface area contributed by atoms with Crippen LogP contribution >= 0.6 is 0 Å². The lowest BCUT2D eigenvalue weighted by atomic mass is 10.1. The van der Waals surface area contributed by atoms with Gasteiger partial charge < -0.3 is 9.64 Å². The van der Waals surface area contributed by atoms with Crippen LogP contribution in [0, 0.1) is 20.8 Å². The maximum absolute atomic E-state index is 12.7. The Bertz CT molecular complexity index is 755. The van der Waals surface area contributed by atoms with E-state index in [4.69, 9.17) is 4.74 Å². The number of morpholine rings is 1. The maximum Gasteiger partial charge on any atom is 0.227 e. The highest BCUT2D eigenvalue weighted by Gasteiger charge is 2.27. The summed E-state index contributed by atoms with van der Waals surface area (Å²) in [6.07, 6.45) is 1.91. The number of carbonyl (C=O) groups is 1. The van der Waals surface area contributed by atoms with Crippen molar-refractivity contribution in [1.82, 2.24) is 24.6 Å². The molecule has 0 spiro atoms. The molecule has 1 amide bonds. The van der Waals surface area contributed by atoms with Crippen molar-refractivity contribution in [3.8, 4) is 0 Å². The Morgan fingerprint density at radius 3 is 2.83 bits per heavy atom. The molecule has 1 aliphatic heterocycles. The van der Waals surface area contributed by atoms with Crippen molar-refractivity contribution < 1.29 is 9.53 Å². The summed E-state index contributed by atoms with van der Waals surface area (Å²) in [6, 6.07) is 1.85. The summed E-state index contributed by atoms with van der Waals surface area (Å²) in [5.74, 6) is 0.814. The van der Waals surface area contributed by atoms with Gasteiger partial charge in [-0.2, -0.15) is 5.10 Å². The number of rotatable bonds is 3. The lowest BCUT2D eigenvalue weighted by Gasteiger charge is -2.32. The average Bonchev–Trinajstić information content (AvgIpc) is 2.81. The van der Waals surface area contributed by atoms with Crippen LogP contribution in [0.4, 0.5) is 0 Å². The van der Waals surface area contributed by atoms with Gasteiger partial charge in [0.05, 0.1) is 31.0 Å². The number of aromatic nitrogens is 4. The van der Waals surface area contributed by atoms with Crippen LogP contribution in [0.1, 0.15) is 34.6 Å². The molecule has 7 nitrogen and oxygen atoms in total. The van der Waals surface area contributed by atoms with Crippen LogP contribution in [0.15, 0.2) is 12.3 Å². The Morgan fingerprint density at radius 2 is 2.17 bits per heavy atom. The summed E-state index contributed by atoms with van der Waals surface area (Å²) in [4.78, 5) is 23.1. The van der Waals surface area contributed by atoms with Gasteiger partial charge in [-0.15, -0.1) is 0 Å². The van der Waals surface area contributed by atoms with Gasteiger partial charge in [-0.25, -0.2) is 9.97 Å². The van der Waals surface area contributed by atoms with Gasteiger partial charge in [-0.3, -0.25) is 9.48 Å². The second-order valence-corrected chi connectivity index (χ2v) is 6.18. The molecule has 1 aliphatic rings. The van der Waals surface area contributed by atoms with Gasteiger partial charge in [-0.1, -0.05) is 0 Å². The van der Waals surface area contributed by atoms with Crippen molar-refractivity contribution in [1.29, 1.82) is 0 Å². The first-order valence-corrected chi connectivity index (χ1v) is 8.13. The molecular weight excluding hydrogens is 306 g/mol. The van der Waals surface area contributed by atoms with Crippen LogP contribution in [0.5, 0.6) is 0 Å². The van der Waals surface area contributed by atoms with Gasteiger partial charge in [0.25, 0.3) is 0 Å². The zero-order chi connectivity index (χ0) is 17.3. The highest BCUT2D eigenvalue weighted by atomic mass is 16.5. The summed E-state index contributed by atoms with van der Waals surface area (Å²) in [5.41, 5.74) is 3.80. The Balaban J connectivity index is 1.71. The summed E-state index contributed by atoms with van der Waals surface area (Å²) in [5, 5.41) is 4.39. The lowest BCUT2D eigenvalue weighted by Crippen LogP contribution is -2.43. The van der Waals surface area contributed by atoms with E-state index in [-0.39, 0.29) is 12.0 Å². The molecule has 3 rings (SSSR count). The zero-order valence-electron chi connectivity index (χ0n) is 14.6. The van der Waals surface area contributed by atoms with Gasteiger partial charge >= 0.3 is 0 Å². The molecule has 7 heteroatoms. The number of ether oxygens (including phenoxy) is 1. The topological polar surface area (TPSA) is 73.1 Å². The number of aryl methyl sites for hydroxylation is 3. The first kappa shape index (κ1) is 16.6. The standard InChI is InChI=1S/C17H23N5O2/c1-11-14(12(2)21(4)20-11)9-17(23)22-7-8-24-16(10-22)15-5-6-18-13(3)19-15/h5-6,16H,7-10H2,1-4H3. The molecule has 0 bridgehead atoms. The lowest BCUT2D eigenvalue weighted by molar-refractivity contribution is -0.138. The van der Waals surface area contributed by atoms with Gasteiger partial charge in [0, 0.05) is 31.0 Å². The molecule has 1 unspecified atom stereocenters. The second-order valence-electron chi connectivity index (χ2n) is 6.18. The average molecular weight is 329 g/mol. The van der Waals surface area contributed by atoms with E-state index in [2.05, 4.69) is 15.1 Å². The molecule has 0 N–H and O–H groups in total. The van der Waals surface area contributed by atoms with E-state index in [0.29, 0.717) is 31.9 Å². The molecule has 0 saturated carbocycles. The van der Waals surface area contributed by atoms with E-state index < -0.39 is 0 Å². The molecule has 2 aromatic rings. The van der Waals surface area contributed by atoms with Crippen LogP contribution in [-0.2, 0) is 23.0 Å². The first-order chi connectivity index (χ1) is 11.5. The van der Waals surface area contributed by atoms with E-state index in [1.807, 2.05) is 43.5 Å². The molecule has 2 aromatic heterocycles. The van der Waals surface area contributed by atoms with Crippen LogP contribution in [0.2, 0.25) is 0 Å². The van der Waals surface area contributed by atoms with E-state index in [1.165, 1.54) is 0 Å². The smallest absolute Gasteiger partial charge is 0.227 e. The van der Waals surface area contributed by atoms with E-state index >= 15 is 0 Å². The predicted molar refractivity (Wildman–Crippen MR) is 88.4 cm³/mol. The Kier molecular flexibility index (Phi) is 4.62. The van der Waals surface area contributed by atoms with Crippen LogP contribution < -0.4 is 0 Å². The SMILES string of the molecule is Cc1nccc(C2CN(C(=O)Cc3c(C)nn(C)c3C)CCO2)n1. The van der Waals surface area contributed by atoms with Crippen molar-refractivity contribution >= 4 is 5.91 Å². The Hall–Kier alpha value is -2.28. The van der Waals surface area contributed by atoms with Crippen molar-refractivity contribution in [2.75, 3.05) is 19.7 Å². The monoisotopic (exact) mass is 329 g/mol. The number of nitrogens with zero attached hydrogens (tertiary/aromatic N) is 5. The van der Waals surface area contributed by atoms with Crippen LogP contribution in [-0.4, -0.2) is 50.3 Å². The summed E-state index contributed by atoms with van der Waals surface area (Å²) >= 11 is 0. The maximum atomic E-state index is 12.7. The first-order valence-electron chi connectivity index (χ1n) is 8.13. The van der Waals surface area contributed by atoms with Crippen molar-refractivity contribution in [3.63, 3.8) is 0 Å². The number of hydrogen-bond acceptors (Lipinski definition) is 5. The molecule has 1 saturated heterocycles. The van der Waals surface area contributed by atoms with Gasteiger partial charge in [0.2, 0.25) is 5.91 Å². The fourth-order valence-electron chi connectivity index (χ4n) is 3.04. The zero-order valence-corrected chi connectivity index (χ0v) is 14.6. The number of amides is 1. The summed E-state index contributed by atoms with van der Waals surface area (Å²) < 4.78 is 7.62. The molecule has 128 valence electrons. The minimum atomic E-state index is -0.194. The fraction of sp³-hybridized carbons (Fsp3) is 0.529. The molecule has 1 fully saturated rings. The third kappa shape index (κ3) is 3.31. The minimum absolute atomic E-state index is 0.105. The highest BCUT2D eigenvalue weighted by Crippen LogP contribution is 2.22. The van der Waals surface area contributed by atoms with E-state index in [0.717, 1.165) is 22.6 Å². The van der Waals surface area contributed by atoms with E-state index in [1.54, 1.807) is 6.20 Å². The Morgan fingerprint density at radius 1 is 1.38 bits per heavy atom. The minimum Gasteiger partial charge on any atom is -0.368 e. The molecule has 0 aromatic carbocycles. The van der Waals surface area contributed by atoms with Crippen LogP contribution in [0.3, 0.4) is 0 Å². The quantitative estimate of drug-likeness (QED) is 0.848. The molecule has 1 atom stereocenters. The Labute approximate surface area is 141 Å². The van der Waals surface area contributed by atoms with Crippen molar-refractivity contribution in [3.05, 3.63) is 40.7 Å². The normalized spacial score (nSPS) is 18.0. The van der Waals surface area contributed by atoms with Gasteiger partial charge in [0.1, 0.15) is 11.9 Å². The molecule has 3 heterocycles. The largest absolute Gasteiger partial charge is 0.368 e. The molecule has 0 aliphatic carbocycles. The summed E-state index contributed by atoms with van der Waals surface area (Å²) in [6.45, 7) is 7.44. The number of hydrogen-bond donors (Lipinski definition) is 0. The van der Waals surface area contributed by atoms with Crippen LogP contribution in [0.25, 0.3) is 0 Å². The second kappa shape index (κ2) is 6.68. The predicted octanol–water partition coefficient (Wildman–Crippen LogP) is 1.28. The molecular formula is C17H23N5O2. The third-order valence-corrected chi connectivity index (χ3v) is 4.53. The van der Waals surface area contributed by atoms with Gasteiger partial charge in [-0.05, 0) is 26.8 Å². The third-order valence-electron chi connectivity index (χ3n) is 4.53. The fourth-order valence-corrected chi connectivity index (χ4v) is 3.04. The van der Waals surface area contributed by atoms with Crippen molar-refractivity contribution in [2.24, 2.45) is 7.05 Å². The molecule has 0 radical (unpaired) electrons. The molecule has 24 heavy (non-hydrogen) atoms. The number of carbonyl (C=O) groups excluding carboxylic acids is 1. The summed E-state index contributed by atoms with van der Waals surface area (Å²) in [7, 11) is 1.90.